The molecule has 1 aliphatic rings. The summed E-state index contributed by atoms with van der Waals surface area (Å²) in [7, 11) is 0. The molecular weight excluding hydrogens is 252 g/mol. The number of carboxylic acids is 1. The molecule has 2 aromatic rings. The van der Waals surface area contributed by atoms with E-state index in [0.29, 0.717) is 0 Å². The summed E-state index contributed by atoms with van der Waals surface area (Å²) in [6, 6.07) is 12.4. The zero-order chi connectivity index (χ0) is 14.1. The van der Waals surface area contributed by atoms with E-state index in [9.17, 15) is 4.79 Å². The highest BCUT2D eigenvalue weighted by Gasteiger charge is 2.25. The van der Waals surface area contributed by atoms with E-state index in [1.54, 1.807) is 0 Å². The Morgan fingerprint density at radius 2 is 2.05 bits per heavy atom. The number of carboxylic acid groups (broad SMARTS) is 1. The quantitative estimate of drug-likeness (QED) is 0.930. The Bertz CT molecular complexity index is 654. The summed E-state index contributed by atoms with van der Waals surface area (Å²) in [5.41, 5.74) is 2.29. The van der Waals surface area contributed by atoms with Crippen molar-refractivity contribution in [1.82, 2.24) is 5.01 Å². The van der Waals surface area contributed by atoms with Crippen LogP contribution in [0.3, 0.4) is 0 Å². The number of fused-ring (bicyclic) bond motifs is 3. The number of likely N-dealkylation sites (N-methyl/N-ethyl adjacent to an activating group) is 1. The first-order chi connectivity index (χ1) is 9.70. The second-order valence-corrected chi connectivity index (χ2v) is 5.03. The highest BCUT2D eigenvalue weighted by Crippen LogP contribution is 2.33. The monoisotopic (exact) mass is 270 g/mol. The van der Waals surface area contributed by atoms with Gasteiger partial charge in [-0.25, -0.2) is 5.01 Å². The zero-order valence-electron chi connectivity index (χ0n) is 11.5. The van der Waals surface area contributed by atoms with Gasteiger partial charge in [0.05, 0.1) is 5.69 Å². The fourth-order valence-corrected chi connectivity index (χ4v) is 2.99. The first-order valence-corrected chi connectivity index (χ1v) is 6.95. The van der Waals surface area contributed by atoms with E-state index in [0.717, 1.165) is 25.2 Å². The first-order valence-electron chi connectivity index (χ1n) is 6.95. The van der Waals surface area contributed by atoms with Crippen molar-refractivity contribution in [3.63, 3.8) is 0 Å². The Balaban J connectivity index is 2.13. The van der Waals surface area contributed by atoms with Crippen molar-refractivity contribution in [2.75, 3.05) is 24.6 Å². The fourth-order valence-electron chi connectivity index (χ4n) is 2.99. The van der Waals surface area contributed by atoms with Crippen LogP contribution in [0.4, 0.5) is 5.69 Å². The van der Waals surface area contributed by atoms with E-state index in [-0.39, 0.29) is 6.54 Å². The summed E-state index contributed by atoms with van der Waals surface area (Å²) >= 11 is 0. The van der Waals surface area contributed by atoms with Crippen molar-refractivity contribution in [3.05, 3.63) is 42.0 Å². The maximum absolute atomic E-state index is 11.1. The molecule has 3 rings (SSSR count). The number of benzene rings is 2. The Hall–Kier alpha value is -2.07. The topological polar surface area (TPSA) is 43.8 Å². The summed E-state index contributed by atoms with van der Waals surface area (Å²) < 4.78 is 0. The van der Waals surface area contributed by atoms with Gasteiger partial charge in [0, 0.05) is 13.1 Å². The number of carbonyl (C=O) groups is 1. The molecule has 104 valence electrons. The number of aliphatic carboxylic acids is 1. The number of hydrogen-bond donors (Lipinski definition) is 1. The lowest BCUT2D eigenvalue weighted by Crippen LogP contribution is -2.49. The van der Waals surface area contributed by atoms with Crippen LogP contribution in [-0.2, 0) is 11.2 Å². The van der Waals surface area contributed by atoms with Crippen molar-refractivity contribution >= 4 is 22.4 Å². The number of hydrazine groups is 1. The maximum Gasteiger partial charge on any atom is 0.324 e. The Labute approximate surface area is 118 Å². The molecule has 0 amide bonds. The van der Waals surface area contributed by atoms with Crippen LogP contribution in [0.2, 0.25) is 0 Å². The van der Waals surface area contributed by atoms with Crippen LogP contribution in [0.5, 0.6) is 0 Å². The molecule has 0 atom stereocenters. The molecule has 1 heterocycles. The fraction of sp³-hybridized carbons (Fsp3) is 0.312. The standard InChI is InChI=1S/C16H18N2O2/c1-2-17-10-9-14-13-6-4-3-5-12(13)7-8-15(14)18(17)11-16(19)20/h3-8H,2,9-11H2,1H3,(H,19,20). The molecule has 0 bridgehead atoms. The molecule has 0 unspecified atom stereocenters. The van der Waals surface area contributed by atoms with Crippen LogP contribution in [0, 0.1) is 0 Å². The van der Waals surface area contributed by atoms with Gasteiger partial charge in [-0.3, -0.25) is 9.80 Å². The molecule has 0 saturated carbocycles. The van der Waals surface area contributed by atoms with E-state index in [1.807, 2.05) is 23.2 Å². The molecule has 0 aromatic heterocycles. The molecule has 0 radical (unpaired) electrons. The van der Waals surface area contributed by atoms with E-state index in [1.165, 1.54) is 16.3 Å². The summed E-state index contributed by atoms with van der Waals surface area (Å²) in [6.45, 7) is 3.75. The molecule has 0 spiro atoms. The minimum Gasteiger partial charge on any atom is -0.480 e. The highest BCUT2D eigenvalue weighted by atomic mass is 16.4. The summed E-state index contributed by atoms with van der Waals surface area (Å²) in [6.07, 6.45) is 0.959. The smallest absolute Gasteiger partial charge is 0.324 e. The Kier molecular flexibility index (Phi) is 3.32. The van der Waals surface area contributed by atoms with Gasteiger partial charge in [0.25, 0.3) is 0 Å². The number of hydrogen-bond acceptors (Lipinski definition) is 3. The third kappa shape index (κ3) is 2.12. The largest absolute Gasteiger partial charge is 0.480 e. The predicted octanol–water partition coefficient (Wildman–Crippen LogP) is 2.52. The Morgan fingerprint density at radius 1 is 1.25 bits per heavy atom. The second-order valence-electron chi connectivity index (χ2n) is 5.03. The van der Waals surface area contributed by atoms with Crippen molar-refractivity contribution in [1.29, 1.82) is 0 Å². The van der Waals surface area contributed by atoms with Gasteiger partial charge in [-0.05, 0) is 28.8 Å². The zero-order valence-corrected chi connectivity index (χ0v) is 11.5. The Morgan fingerprint density at radius 3 is 2.80 bits per heavy atom. The lowest BCUT2D eigenvalue weighted by Gasteiger charge is -2.40. The summed E-state index contributed by atoms with van der Waals surface area (Å²) in [5.74, 6) is -0.801. The normalized spacial score (nSPS) is 15.3. The molecule has 1 aliphatic heterocycles. The number of nitrogens with zero attached hydrogens (tertiary/aromatic N) is 2. The van der Waals surface area contributed by atoms with E-state index in [4.69, 9.17) is 5.11 Å². The highest BCUT2D eigenvalue weighted by molar-refractivity contribution is 5.91. The molecule has 0 saturated heterocycles. The lowest BCUT2D eigenvalue weighted by atomic mass is 9.98. The van der Waals surface area contributed by atoms with Gasteiger partial charge >= 0.3 is 5.97 Å². The first kappa shape index (κ1) is 12.9. The van der Waals surface area contributed by atoms with Crippen molar-refractivity contribution in [3.8, 4) is 0 Å². The molecule has 4 heteroatoms. The van der Waals surface area contributed by atoms with Crippen LogP contribution < -0.4 is 5.01 Å². The van der Waals surface area contributed by atoms with Crippen molar-refractivity contribution in [2.24, 2.45) is 0 Å². The van der Waals surface area contributed by atoms with Crippen molar-refractivity contribution in [2.45, 2.75) is 13.3 Å². The van der Waals surface area contributed by atoms with Gasteiger partial charge < -0.3 is 5.11 Å². The van der Waals surface area contributed by atoms with E-state index < -0.39 is 5.97 Å². The summed E-state index contributed by atoms with van der Waals surface area (Å²) in [5, 5.41) is 15.6. The van der Waals surface area contributed by atoms with Crippen LogP contribution in [0.15, 0.2) is 36.4 Å². The average Bonchev–Trinajstić information content (AvgIpc) is 2.46. The van der Waals surface area contributed by atoms with E-state index in [2.05, 4.69) is 30.1 Å². The van der Waals surface area contributed by atoms with Crippen molar-refractivity contribution < 1.29 is 9.90 Å². The predicted molar refractivity (Wildman–Crippen MR) is 79.9 cm³/mol. The molecular formula is C16H18N2O2. The minimum absolute atomic E-state index is 0.0131. The lowest BCUT2D eigenvalue weighted by molar-refractivity contribution is -0.136. The third-order valence-electron chi connectivity index (χ3n) is 3.91. The molecule has 0 aliphatic carbocycles. The van der Waals surface area contributed by atoms with E-state index >= 15 is 0 Å². The van der Waals surface area contributed by atoms with Gasteiger partial charge in [-0.2, -0.15) is 0 Å². The molecule has 4 nitrogen and oxygen atoms in total. The second kappa shape index (κ2) is 5.13. The van der Waals surface area contributed by atoms with Gasteiger partial charge in [0.1, 0.15) is 6.54 Å². The molecule has 2 aromatic carbocycles. The van der Waals surface area contributed by atoms with Crippen LogP contribution in [0.1, 0.15) is 12.5 Å². The minimum atomic E-state index is -0.801. The van der Waals surface area contributed by atoms with Crippen LogP contribution in [-0.4, -0.2) is 35.7 Å². The van der Waals surface area contributed by atoms with Gasteiger partial charge in [-0.15, -0.1) is 0 Å². The van der Waals surface area contributed by atoms with Gasteiger partial charge in [0.2, 0.25) is 0 Å². The van der Waals surface area contributed by atoms with Crippen LogP contribution >= 0.6 is 0 Å². The molecule has 1 N–H and O–H groups in total. The molecule has 20 heavy (non-hydrogen) atoms. The third-order valence-corrected chi connectivity index (χ3v) is 3.91. The average molecular weight is 270 g/mol. The van der Waals surface area contributed by atoms with Gasteiger partial charge in [0.15, 0.2) is 0 Å². The number of rotatable bonds is 3. The molecule has 0 fully saturated rings. The SMILES string of the molecule is CCN1CCc2c(ccc3ccccc23)N1CC(=O)O. The number of anilines is 1. The summed E-state index contributed by atoms with van der Waals surface area (Å²) in [4.78, 5) is 11.1. The maximum atomic E-state index is 11.1. The van der Waals surface area contributed by atoms with Gasteiger partial charge in [-0.1, -0.05) is 37.3 Å². The van der Waals surface area contributed by atoms with Crippen LogP contribution in [0.25, 0.3) is 10.8 Å².